The molecular formula is C11H15BrFNS. The van der Waals surface area contributed by atoms with Crippen LogP contribution < -0.4 is 5.32 Å². The highest BCUT2D eigenvalue weighted by molar-refractivity contribution is 9.10. The lowest BCUT2D eigenvalue weighted by molar-refractivity contribution is 0.591. The summed E-state index contributed by atoms with van der Waals surface area (Å²) in [5, 5.41) is 3.38. The molecule has 84 valence electrons. The van der Waals surface area contributed by atoms with Gasteiger partial charge in [-0.1, -0.05) is 6.07 Å². The summed E-state index contributed by atoms with van der Waals surface area (Å²) in [4.78, 5) is 0. The summed E-state index contributed by atoms with van der Waals surface area (Å²) >= 11 is 5.00. The molecule has 1 unspecified atom stereocenters. The quantitative estimate of drug-likeness (QED) is 0.892. The third-order valence-corrected chi connectivity index (χ3v) is 3.50. The second-order valence-electron chi connectivity index (χ2n) is 3.49. The van der Waals surface area contributed by atoms with Crippen molar-refractivity contribution < 1.29 is 4.39 Å². The smallest absolute Gasteiger partial charge is 0.137 e. The van der Waals surface area contributed by atoms with E-state index in [1.165, 1.54) is 6.07 Å². The molecule has 1 atom stereocenters. The molecule has 1 nitrogen and oxygen atoms in total. The minimum atomic E-state index is -0.212. The number of thioether (sulfide) groups is 1. The Morgan fingerprint density at radius 3 is 2.87 bits per heavy atom. The van der Waals surface area contributed by atoms with Crippen molar-refractivity contribution in [2.24, 2.45) is 0 Å². The third-order valence-electron chi connectivity index (χ3n) is 2.06. The molecule has 0 heterocycles. The van der Waals surface area contributed by atoms with Gasteiger partial charge in [-0.2, -0.15) is 11.8 Å². The van der Waals surface area contributed by atoms with Crippen LogP contribution in [0.4, 0.5) is 4.39 Å². The average Bonchev–Trinajstić information content (AvgIpc) is 2.20. The van der Waals surface area contributed by atoms with Gasteiger partial charge in [0, 0.05) is 18.3 Å². The molecule has 0 aliphatic heterocycles. The molecule has 0 aromatic heterocycles. The summed E-state index contributed by atoms with van der Waals surface area (Å²) < 4.78 is 13.5. The van der Waals surface area contributed by atoms with E-state index in [4.69, 9.17) is 0 Å². The Bertz CT molecular complexity index is 319. The van der Waals surface area contributed by atoms with Gasteiger partial charge in [0.25, 0.3) is 0 Å². The van der Waals surface area contributed by atoms with Gasteiger partial charge >= 0.3 is 0 Å². The van der Waals surface area contributed by atoms with Crippen LogP contribution in [-0.2, 0) is 6.54 Å². The number of halogens is 2. The summed E-state index contributed by atoms with van der Waals surface area (Å²) in [5.41, 5.74) is 1.09. The SMILES string of the molecule is CSCC(C)NCc1ccc(F)c(Br)c1. The van der Waals surface area contributed by atoms with Crippen molar-refractivity contribution in [2.45, 2.75) is 19.5 Å². The van der Waals surface area contributed by atoms with Crippen LogP contribution in [0.1, 0.15) is 12.5 Å². The van der Waals surface area contributed by atoms with Gasteiger partial charge in [0.2, 0.25) is 0 Å². The van der Waals surface area contributed by atoms with Gasteiger partial charge in [-0.05, 0) is 46.8 Å². The van der Waals surface area contributed by atoms with Crippen LogP contribution in [0.5, 0.6) is 0 Å². The van der Waals surface area contributed by atoms with Crippen LogP contribution in [0.15, 0.2) is 22.7 Å². The largest absolute Gasteiger partial charge is 0.309 e. The van der Waals surface area contributed by atoms with Gasteiger partial charge in [-0.3, -0.25) is 0 Å². The molecule has 0 aliphatic carbocycles. The standard InChI is InChI=1S/C11H15BrFNS/c1-8(7-15-2)14-6-9-3-4-11(13)10(12)5-9/h3-5,8,14H,6-7H2,1-2H3. The van der Waals surface area contributed by atoms with E-state index < -0.39 is 0 Å². The highest BCUT2D eigenvalue weighted by Gasteiger charge is 2.02. The van der Waals surface area contributed by atoms with Gasteiger partial charge in [0.15, 0.2) is 0 Å². The molecule has 0 aliphatic rings. The van der Waals surface area contributed by atoms with Crippen molar-refractivity contribution in [3.05, 3.63) is 34.1 Å². The van der Waals surface area contributed by atoms with Crippen LogP contribution in [-0.4, -0.2) is 18.1 Å². The van der Waals surface area contributed by atoms with Crippen molar-refractivity contribution in [2.75, 3.05) is 12.0 Å². The summed E-state index contributed by atoms with van der Waals surface area (Å²) in [6.45, 7) is 2.93. The maximum atomic E-state index is 12.9. The minimum absolute atomic E-state index is 0.212. The molecule has 1 aromatic rings. The zero-order valence-electron chi connectivity index (χ0n) is 8.89. The molecule has 15 heavy (non-hydrogen) atoms. The van der Waals surface area contributed by atoms with Crippen LogP contribution in [0.2, 0.25) is 0 Å². The second kappa shape index (κ2) is 6.51. The number of hydrogen-bond donors (Lipinski definition) is 1. The molecular weight excluding hydrogens is 277 g/mol. The predicted octanol–water partition coefficient (Wildman–Crippen LogP) is 3.43. The van der Waals surface area contributed by atoms with Gasteiger partial charge in [-0.25, -0.2) is 4.39 Å². The third kappa shape index (κ3) is 4.53. The monoisotopic (exact) mass is 291 g/mol. The van der Waals surface area contributed by atoms with Gasteiger partial charge in [0.1, 0.15) is 5.82 Å². The van der Waals surface area contributed by atoms with E-state index in [1.807, 2.05) is 17.8 Å². The van der Waals surface area contributed by atoms with E-state index in [1.54, 1.807) is 6.07 Å². The molecule has 0 bridgehead atoms. The molecule has 0 saturated heterocycles. The summed E-state index contributed by atoms with van der Waals surface area (Å²) in [6.07, 6.45) is 2.09. The number of hydrogen-bond acceptors (Lipinski definition) is 2. The molecule has 0 amide bonds. The first-order valence-electron chi connectivity index (χ1n) is 4.79. The first-order valence-corrected chi connectivity index (χ1v) is 6.98. The maximum absolute atomic E-state index is 12.9. The average molecular weight is 292 g/mol. The Balaban J connectivity index is 2.47. The summed E-state index contributed by atoms with van der Waals surface area (Å²) in [6, 6.07) is 5.58. The van der Waals surface area contributed by atoms with E-state index in [0.29, 0.717) is 10.5 Å². The van der Waals surface area contributed by atoms with Crippen molar-refractivity contribution in [1.82, 2.24) is 5.32 Å². The lowest BCUT2D eigenvalue weighted by Crippen LogP contribution is -2.27. The molecule has 0 radical (unpaired) electrons. The normalized spacial score (nSPS) is 12.8. The fourth-order valence-corrected chi connectivity index (χ4v) is 2.29. The van der Waals surface area contributed by atoms with Crippen molar-refractivity contribution in [1.29, 1.82) is 0 Å². The molecule has 1 N–H and O–H groups in total. The van der Waals surface area contributed by atoms with Crippen LogP contribution in [0, 0.1) is 5.82 Å². The summed E-state index contributed by atoms with van der Waals surface area (Å²) in [5.74, 6) is 0.874. The summed E-state index contributed by atoms with van der Waals surface area (Å²) in [7, 11) is 0. The minimum Gasteiger partial charge on any atom is -0.309 e. The van der Waals surface area contributed by atoms with Gasteiger partial charge in [-0.15, -0.1) is 0 Å². The molecule has 4 heteroatoms. The molecule has 0 fully saturated rings. The number of rotatable bonds is 5. The topological polar surface area (TPSA) is 12.0 Å². The lowest BCUT2D eigenvalue weighted by Gasteiger charge is -2.12. The van der Waals surface area contributed by atoms with E-state index in [-0.39, 0.29) is 5.82 Å². The van der Waals surface area contributed by atoms with E-state index in [9.17, 15) is 4.39 Å². The van der Waals surface area contributed by atoms with Crippen LogP contribution in [0.25, 0.3) is 0 Å². The van der Waals surface area contributed by atoms with Gasteiger partial charge < -0.3 is 5.32 Å². The van der Waals surface area contributed by atoms with Crippen LogP contribution in [0.3, 0.4) is 0 Å². The van der Waals surface area contributed by atoms with Crippen molar-refractivity contribution >= 4 is 27.7 Å². The molecule has 0 spiro atoms. The zero-order chi connectivity index (χ0) is 11.3. The van der Waals surface area contributed by atoms with E-state index >= 15 is 0 Å². The van der Waals surface area contributed by atoms with E-state index in [0.717, 1.165) is 17.9 Å². The molecule has 1 rings (SSSR count). The van der Waals surface area contributed by atoms with Crippen molar-refractivity contribution in [3.63, 3.8) is 0 Å². The lowest BCUT2D eigenvalue weighted by atomic mass is 10.2. The maximum Gasteiger partial charge on any atom is 0.137 e. The fourth-order valence-electron chi connectivity index (χ4n) is 1.25. The first-order chi connectivity index (χ1) is 7.13. The Morgan fingerprint density at radius 2 is 2.27 bits per heavy atom. The highest BCUT2D eigenvalue weighted by atomic mass is 79.9. The Kier molecular flexibility index (Phi) is 5.64. The molecule has 1 aromatic carbocycles. The zero-order valence-corrected chi connectivity index (χ0v) is 11.3. The van der Waals surface area contributed by atoms with Crippen LogP contribution >= 0.6 is 27.7 Å². The van der Waals surface area contributed by atoms with E-state index in [2.05, 4.69) is 34.4 Å². The number of benzene rings is 1. The van der Waals surface area contributed by atoms with Gasteiger partial charge in [0.05, 0.1) is 4.47 Å². The first kappa shape index (κ1) is 13.0. The van der Waals surface area contributed by atoms with Crippen molar-refractivity contribution in [3.8, 4) is 0 Å². The number of nitrogens with one attached hydrogen (secondary N) is 1. The second-order valence-corrected chi connectivity index (χ2v) is 5.25. The highest BCUT2D eigenvalue weighted by Crippen LogP contribution is 2.16. The Morgan fingerprint density at radius 1 is 1.53 bits per heavy atom. The predicted molar refractivity (Wildman–Crippen MR) is 68.8 cm³/mol. The Labute approximate surface area is 103 Å². The molecule has 0 saturated carbocycles. The fraction of sp³-hybridized carbons (Fsp3) is 0.455. The Hall–Kier alpha value is -0.0600.